The molecule has 3 nitrogen and oxygen atoms in total. The Kier molecular flexibility index (Phi) is 4.72. The fourth-order valence-electron chi connectivity index (χ4n) is 1.33. The minimum atomic E-state index is -4.34. The lowest BCUT2D eigenvalue weighted by molar-refractivity contribution is -0.176. The number of aliphatic carboxylic acids is 1. The van der Waals surface area contributed by atoms with Crippen LogP contribution < -0.4 is 0 Å². The average Bonchev–Trinajstić information content (AvgIpc) is 2.27. The summed E-state index contributed by atoms with van der Waals surface area (Å²) in [5.74, 6) is -1.59. The summed E-state index contributed by atoms with van der Waals surface area (Å²) < 4.78 is 40.0. The van der Waals surface area contributed by atoms with Gasteiger partial charge in [0, 0.05) is 0 Å². The average molecular weight is 262 g/mol. The van der Waals surface area contributed by atoms with Gasteiger partial charge in [-0.2, -0.15) is 13.2 Å². The molecular formula is C12H13F3O3. The standard InChI is InChI=1S/C12H13F3O3/c1-8(11(16)17)10-4-2-9(3-5-10)6-18-7-12(13,14)15/h2-5,8H,6-7H2,1H3,(H,16,17). The molecule has 0 saturated heterocycles. The van der Waals surface area contributed by atoms with E-state index in [1.807, 2.05) is 0 Å². The third-order valence-electron chi connectivity index (χ3n) is 2.38. The van der Waals surface area contributed by atoms with Crippen molar-refractivity contribution in [2.75, 3.05) is 6.61 Å². The van der Waals surface area contributed by atoms with E-state index in [0.29, 0.717) is 11.1 Å². The second kappa shape index (κ2) is 5.86. The van der Waals surface area contributed by atoms with Crippen LogP contribution in [-0.4, -0.2) is 23.9 Å². The van der Waals surface area contributed by atoms with Gasteiger partial charge in [0.15, 0.2) is 0 Å². The number of carboxylic acid groups (broad SMARTS) is 1. The van der Waals surface area contributed by atoms with Crippen LogP contribution in [-0.2, 0) is 16.1 Å². The van der Waals surface area contributed by atoms with Crippen molar-refractivity contribution in [1.29, 1.82) is 0 Å². The van der Waals surface area contributed by atoms with Crippen molar-refractivity contribution in [2.45, 2.75) is 25.6 Å². The Balaban J connectivity index is 2.53. The second-order valence-electron chi connectivity index (χ2n) is 3.91. The number of rotatable bonds is 5. The lowest BCUT2D eigenvalue weighted by atomic mass is 10.0. The molecule has 1 unspecified atom stereocenters. The molecule has 0 aromatic heterocycles. The van der Waals surface area contributed by atoms with Gasteiger partial charge in [-0.3, -0.25) is 4.79 Å². The number of benzene rings is 1. The van der Waals surface area contributed by atoms with Gasteiger partial charge in [0.1, 0.15) is 6.61 Å². The smallest absolute Gasteiger partial charge is 0.411 e. The first-order chi connectivity index (χ1) is 8.29. The Morgan fingerprint density at radius 3 is 2.33 bits per heavy atom. The highest BCUT2D eigenvalue weighted by Crippen LogP contribution is 2.18. The zero-order valence-electron chi connectivity index (χ0n) is 9.70. The molecule has 0 aliphatic rings. The van der Waals surface area contributed by atoms with Gasteiger partial charge in [-0.1, -0.05) is 24.3 Å². The molecule has 0 heterocycles. The summed E-state index contributed by atoms with van der Waals surface area (Å²) in [6, 6.07) is 6.27. The van der Waals surface area contributed by atoms with Crippen LogP contribution in [0, 0.1) is 0 Å². The van der Waals surface area contributed by atoms with Crippen molar-refractivity contribution in [1.82, 2.24) is 0 Å². The zero-order valence-corrected chi connectivity index (χ0v) is 9.70. The molecule has 1 rings (SSSR count). The van der Waals surface area contributed by atoms with E-state index in [0.717, 1.165) is 0 Å². The maximum absolute atomic E-state index is 11.8. The topological polar surface area (TPSA) is 46.5 Å². The Morgan fingerprint density at radius 2 is 1.89 bits per heavy atom. The van der Waals surface area contributed by atoms with Gasteiger partial charge in [0.05, 0.1) is 12.5 Å². The highest BCUT2D eigenvalue weighted by molar-refractivity contribution is 5.75. The molecule has 0 amide bonds. The summed E-state index contributed by atoms with van der Waals surface area (Å²) in [6.45, 7) is 0.0962. The van der Waals surface area contributed by atoms with Crippen molar-refractivity contribution in [3.05, 3.63) is 35.4 Å². The molecule has 0 aliphatic heterocycles. The molecular weight excluding hydrogens is 249 g/mol. The third-order valence-corrected chi connectivity index (χ3v) is 2.38. The Hall–Kier alpha value is -1.56. The van der Waals surface area contributed by atoms with E-state index < -0.39 is 24.7 Å². The van der Waals surface area contributed by atoms with Crippen LogP contribution in [0.15, 0.2) is 24.3 Å². The first-order valence-electron chi connectivity index (χ1n) is 5.26. The monoisotopic (exact) mass is 262 g/mol. The van der Waals surface area contributed by atoms with Crippen molar-refractivity contribution < 1.29 is 27.8 Å². The van der Waals surface area contributed by atoms with Crippen molar-refractivity contribution in [3.63, 3.8) is 0 Å². The van der Waals surface area contributed by atoms with Crippen LogP contribution in [0.3, 0.4) is 0 Å². The molecule has 0 fully saturated rings. The minimum absolute atomic E-state index is 0.152. The number of halogens is 3. The van der Waals surface area contributed by atoms with Crippen LogP contribution >= 0.6 is 0 Å². The quantitative estimate of drug-likeness (QED) is 0.887. The maximum Gasteiger partial charge on any atom is 0.411 e. The number of hydrogen-bond acceptors (Lipinski definition) is 2. The van der Waals surface area contributed by atoms with E-state index in [9.17, 15) is 18.0 Å². The number of carbonyl (C=O) groups is 1. The highest BCUT2D eigenvalue weighted by Gasteiger charge is 2.27. The largest absolute Gasteiger partial charge is 0.481 e. The van der Waals surface area contributed by atoms with Gasteiger partial charge in [-0.05, 0) is 18.1 Å². The summed E-state index contributed by atoms with van der Waals surface area (Å²) in [6.07, 6.45) is -4.34. The molecule has 100 valence electrons. The summed E-state index contributed by atoms with van der Waals surface area (Å²) in [7, 11) is 0. The molecule has 1 atom stereocenters. The molecule has 0 aliphatic carbocycles. The van der Waals surface area contributed by atoms with E-state index in [4.69, 9.17) is 5.11 Å². The van der Waals surface area contributed by atoms with E-state index in [1.165, 1.54) is 6.92 Å². The van der Waals surface area contributed by atoms with Gasteiger partial charge in [0.2, 0.25) is 0 Å². The Bertz CT molecular complexity index is 398. The molecule has 1 aromatic rings. The lowest BCUT2D eigenvalue weighted by Crippen LogP contribution is -2.16. The van der Waals surface area contributed by atoms with Crippen molar-refractivity contribution in [3.8, 4) is 0 Å². The first-order valence-corrected chi connectivity index (χ1v) is 5.26. The van der Waals surface area contributed by atoms with E-state index >= 15 is 0 Å². The molecule has 18 heavy (non-hydrogen) atoms. The van der Waals surface area contributed by atoms with Crippen LogP contribution in [0.2, 0.25) is 0 Å². The van der Waals surface area contributed by atoms with Crippen molar-refractivity contribution >= 4 is 5.97 Å². The van der Waals surface area contributed by atoms with Crippen LogP contribution in [0.4, 0.5) is 13.2 Å². The fraction of sp³-hybridized carbons (Fsp3) is 0.417. The Morgan fingerprint density at radius 1 is 1.33 bits per heavy atom. The van der Waals surface area contributed by atoms with Crippen LogP contribution in [0.1, 0.15) is 24.0 Å². The SMILES string of the molecule is CC(C(=O)O)c1ccc(COCC(F)(F)F)cc1. The summed E-state index contributed by atoms with van der Waals surface area (Å²) in [4.78, 5) is 10.7. The zero-order chi connectivity index (χ0) is 13.8. The number of carboxylic acids is 1. The molecule has 0 saturated carbocycles. The number of ether oxygens (including phenoxy) is 1. The van der Waals surface area contributed by atoms with Gasteiger partial charge in [-0.25, -0.2) is 0 Å². The van der Waals surface area contributed by atoms with E-state index in [1.54, 1.807) is 24.3 Å². The van der Waals surface area contributed by atoms with Gasteiger partial charge in [-0.15, -0.1) is 0 Å². The highest BCUT2D eigenvalue weighted by atomic mass is 19.4. The summed E-state index contributed by atoms with van der Waals surface area (Å²) in [5.41, 5.74) is 1.17. The molecule has 6 heteroatoms. The molecule has 1 aromatic carbocycles. The maximum atomic E-state index is 11.8. The van der Waals surface area contributed by atoms with Gasteiger partial charge >= 0.3 is 12.1 Å². The Labute approximate surface area is 102 Å². The second-order valence-corrected chi connectivity index (χ2v) is 3.91. The van der Waals surface area contributed by atoms with E-state index in [-0.39, 0.29) is 6.61 Å². The first kappa shape index (κ1) is 14.5. The van der Waals surface area contributed by atoms with Crippen LogP contribution in [0.25, 0.3) is 0 Å². The molecule has 1 N–H and O–H groups in total. The minimum Gasteiger partial charge on any atom is -0.481 e. The van der Waals surface area contributed by atoms with Gasteiger partial charge < -0.3 is 9.84 Å². The molecule has 0 radical (unpaired) electrons. The normalized spacial score (nSPS) is 13.3. The summed E-state index contributed by atoms with van der Waals surface area (Å²) in [5, 5.41) is 8.79. The van der Waals surface area contributed by atoms with Crippen molar-refractivity contribution in [2.24, 2.45) is 0 Å². The fourth-order valence-corrected chi connectivity index (χ4v) is 1.33. The van der Waals surface area contributed by atoms with E-state index in [2.05, 4.69) is 4.74 Å². The lowest BCUT2D eigenvalue weighted by Gasteiger charge is -2.09. The summed E-state index contributed by atoms with van der Waals surface area (Å²) >= 11 is 0. The predicted molar refractivity (Wildman–Crippen MR) is 58.2 cm³/mol. The molecule has 0 spiro atoms. The number of hydrogen-bond donors (Lipinski definition) is 1. The third kappa shape index (κ3) is 4.75. The molecule has 0 bridgehead atoms. The number of alkyl halides is 3. The van der Waals surface area contributed by atoms with Crippen LogP contribution in [0.5, 0.6) is 0 Å². The predicted octanol–water partition coefficient (Wildman–Crippen LogP) is 2.95. The van der Waals surface area contributed by atoms with Gasteiger partial charge in [0.25, 0.3) is 0 Å².